The van der Waals surface area contributed by atoms with Crippen LogP contribution in [-0.4, -0.2) is 31.2 Å². The van der Waals surface area contributed by atoms with E-state index in [9.17, 15) is 5.11 Å². The first-order valence-electron chi connectivity index (χ1n) is 6.80. The highest BCUT2D eigenvalue weighted by molar-refractivity contribution is 5.93. The van der Waals surface area contributed by atoms with E-state index in [0.717, 1.165) is 33.8 Å². The molecular formula is C15H17N5O. The Balaban J connectivity index is 2.14. The van der Waals surface area contributed by atoms with Gasteiger partial charge in [0.2, 0.25) is 0 Å². The number of aromatic nitrogens is 4. The monoisotopic (exact) mass is 283 g/mol. The van der Waals surface area contributed by atoms with Crippen molar-refractivity contribution in [2.24, 2.45) is 0 Å². The summed E-state index contributed by atoms with van der Waals surface area (Å²) in [4.78, 5) is 12.7. The summed E-state index contributed by atoms with van der Waals surface area (Å²) >= 11 is 0. The zero-order valence-electron chi connectivity index (χ0n) is 12.0. The molecule has 21 heavy (non-hydrogen) atoms. The molecule has 0 aliphatic carbocycles. The number of nitrogens with zero attached hydrogens (tertiary/aromatic N) is 4. The number of rotatable bonds is 4. The summed E-state index contributed by atoms with van der Waals surface area (Å²) in [5.41, 5.74) is 3.98. The molecule has 0 saturated carbocycles. The van der Waals surface area contributed by atoms with E-state index in [-0.39, 0.29) is 6.61 Å². The highest BCUT2D eigenvalue weighted by atomic mass is 16.3. The van der Waals surface area contributed by atoms with E-state index in [0.29, 0.717) is 6.54 Å². The summed E-state index contributed by atoms with van der Waals surface area (Å²) in [5.74, 6) is 0.767. The van der Waals surface area contributed by atoms with Gasteiger partial charge in [0.1, 0.15) is 17.8 Å². The third-order valence-electron chi connectivity index (χ3n) is 3.67. The summed E-state index contributed by atoms with van der Waals surface area (Å²) in [6.45, 7) is 4.69. The van der Waals surface area contributed by atoms with Gasteiger partial charge in [0.25, 0.3) is 0 Å². The molecule has 0 unspecified atom stereocenters. The standard InChI is InChI=1S/C15H17N5O/c1-10-11(2)20(7-8-21)15-13(10)14(17-9-18-15)19-12-3-5-16-6-4-12/h3-6,9,21H,7-8H2,1-2H3,(H,16,17,18,19). The summed E-state index contributed by atoms with van der Waals surface area (Å²) in [7, 11) is 0. The number of hydrogen-bond acceptors (Lipinski definition) is 5. The number of anilines is 2. The molecule has 0 aromatic carbocycles. The van der Waals surface area contributed by atoms with Crippen LogP contribution in [0.3, 0.4) is 0 Å². The second kappa shape index (κ2) is 5.49. The summed E-state index contributed by atoms with van der Waals surface area (Å²) in [5, 5.41) is 13.5. The van der Waals surface area contributed by atoms with Crippen LogP contribution in [0.15, 0.2) is 30.9 Å². The van der Waals surface area contributed by atoms with Crippen LogP contribution in [0.2, 0.25) is 0 Å². The molecule has 0 radical (unpaired) electrons. The average Bonchev–Trinajstić information content (AvgIpc) is 2.75. The molecule has 0 spiro atoms. The second-order valence-electron chi connectivity index (χ2n) is 4.87. The highest BCUT2D eigenvalue weighted by Crippen LogP contribution is 2.30. The van der Waals surface area contributed by atoms with Gasteiger partial charge in [-0.3, -0.25) is 4.98 Å². The largest absolute Gasteiger partial charge is 0.395 e. The predicted octanol–water partition coefficient (Wildman–Crippen LogP) is 2.18. The van der Waals surface area contributed by atoms with Crippen molar-refractivity contribution in [3.8, 4) is 0 Å². The second-order valence-corrected chi connectivity index (χ2v) is 4.87. The van der Waals surface area contributed by atoms with E-state index >= 15 is 0 Å². The topological polar surface area (TPSA) is 75.9 Å². The molecule has 6 nitrogen and oxygen atoms in total. The summed E-state index contributed by atoms with van der Waals surface area (Å²) in [6, 6.07) is 3.78. The Bertz CT molecular complexity index is 767. The Hall–Kier alpha value is -2.47. The molecule has 3 aromatic rings. The normalized spacial score (nSPS) is 11.0. The molecule has 0 bridgehead atoms. The minimum absolute atomic E-state index is 0.0845. The first-order valence-corrected chi connectivity index (χ1v) is 6.80. The Morgan fingerprint density at radius 2 is 1.95 bits per heavy atom. The van der Waals surface area contributed by atoms with E-state index in [4.69, 9.17) is 0 Å². The van der Waals surface area contributed by atoms with E-state index in [1.807, 2.05) is 30.5 Å². The Morgan fingerprint density at radius 1 is 1.19 bits per heavy atom. The van der Waals surface area contributed by atoms with Gasteiger partial charge in [-0.25, -0.2) is 9.97 Å². The van der Waals surface area contributed by atoms with Crippen molar-refractivity contribution in [1.82, 2.24) is 19.5 Å². The van der Waals surface area contributed by atoms with Gasteiger partial charge >= 0.3 is 0 Å². The number of hydrogen-bond donors (Lipinski definition) is 2. The van der Waals surface area contributed by atoms with Crippen LogP contribution in [0.4, 0.5) is 11.5 Å². The molecule has 3 rings (SSSR count). The zero-order valence-corrected chi connectivity index (χ0v) is 12.0. The maximum Gasteiger partial charge on any atom is 0.146 e. The van der Waals surface area contributed by atoms with Crippen molar-refractivity contribution >= 4 is 22.5 Å². The van der Waals surface area contributed by atoms with Crippen molar-refractivity contribution in [1.29, 1.82) is 0 Å². The lowest BCUT2D eigenvalue weighted by molar-refractivity contribution is 0.276. The van der Waals surface area contributed by atoms with Crippen molar-refractivity contribution in [2.75, 3.05) is 11.9 Å². The fourth-order valence-electron chi connectivity index (χ4n) is 2.51. The molecule has 0 atom stereocenters. The average molecular weight is 283 g/mol. The minimum Gasteiger partial charge on any atom is -0.395 e. The van der Waals surface area contributed by atoms with Crippen molar-refractivity contribution in [3.63, 3.8) is 0 Å². The van der Waals surface area contributed by atoms with Crippen LogP contribution in [0.1, 0.15) is 11.3 Å². The molecule has 0 amide bonds. The fourth-order valence-corrected chi connectivity index (χ4v) is 2.51. The summed E-state index contributed by atoms with van der Waals surface area (Å²) < 4.78 is 2.02. The molecule has 0 aliphatic rings. The SMILES string of the molecule is Cc1c(C)n(CCO)c2ncnc(Nc3ccncc3)c12. The molecule has 0 aliphatic heterocycles. The molecule has 2 N–H and O–H groups in total. The lowest BCUT2D eigenvalue weighted by atomic mass is 10.2. The van der Waals surface area contributed by atoms with Gasteiger partial charge in [-0.1, -0.05) is 0 Å². The van der Waals surface area contributed by atoms with Gasteiger partial charge in [-0.05, 0) is 31.5 Å². The van der Waals surface area contributed by atoms with Crippen LogP contribution < -0.4 is 5.32 Å². The molecule has 0 fully saturated rings. The van der Waals surface area contributed by atoms with E-state index in [1.165, 1.54) is 0 Å². The number of aliphatic hydroxyl groups is 1. The Kier molecular flexibility index (Phi) is 3.53. The highest BCUT2D eigenvalue weighted by Gasteiger charge is 2.16. The van der Waals surface area contributed by atoms with Crippen LogP contribution >= 0.6 is 0 Å². The molecule has 0 saturated heterocycles. The zero-order chi connectivity index (χ0) is 14.8. The molecule has 3 aromatic heterocycles. The first kappa shape index (κ1) is 13.5. The minimum atomic E-state index is 0.0845. The van der Waals surface area contributed by atoms with Gasteiger partial charge in [-0.2, -0.15) is 0 Å². The quantitative estimate of drug-likeness (QED) is 0.767. The van der Waals surface area contributed by atoms with Gasteiger partial charge in [0.15, 0.2) is 0 Å². The summed E-state index contributed by atoms with van der Waals surface area (Å²) in [6.07, 6.45) is 5.00. The Labute approximate surface area is 122 Å². The van der Waals surface area contributed by atoms with Crippen molar-refractivity contribution < 1.29 is 5.11 Å². The third kappa shape index (κ3) is 2.34. The smallest absolute Gasteiger partial charge is 0.146 e. The number of fused-ring (bicyclic) bond motifs is 1. The first-order chi connectivity index (χ1) is 10.2. The molecule has 3 heterocycles. The number of aryl methyl sites for hydroxylation is 1. The van der Waals surface area contributed by atoms with Crippen LogP contribution in [-0.2, 0) is 6.54 Å². The van der Waals surface area contributed by atoms with Gasteiger partial charge < -0.3 is 15.0 Å². The van der Waals surface area contributed by atoms with E-state index in [1.54, 1.807) is 18.7 Å². The van der Waals surface area contributed by atoms with E-state index < -0.39 is 0 Å². The van der Waals surface area contributed by atoms with Crippen LogP contribution in [0.25, 0.3) is 11.0 Å². The van der Waals surface area contributed by atoms with Gasteiger partial charge in [0.05, 0.1) is 12.0 Å². The van der Waals surface area contributed by atoms with Gasteiger partial charge in [-0.15, -0.1) is 0 Å². The van der Waals surface area contributed by atoms with E-state index in [2.05, 4.69) is 20.3 Å². The van der Waals surface area contributed by atoms with Crippen molar-refractivity contribution in [3.05, 3.63) is 42.1 Å². The lowest BCUT2D eigenvalue weighted by Crippen LogP contribution is -2.05. The number of pyridine rings is 1. The maximum absolute atomic E-state index is 9.23. The molecular weight excluding hydrogens is 266 g/mol. The van der Waals surface area contributed by atoms with Gasteiger partial charge in [0, 0.05) is 30.3 Å². The predicted molar refractivity (Wildman–Crippen MR) is 81.6 cm³/mol. The maximum atomic E-state index is 9.23. The number of nitrogens with one attached hydrogen (secondary N) is 1. The molecule has 108 valence electrons. The van der Waals surface area contributed by atoms with Crippen LogP contribution in [0, 0.1) is 13.8 Å². The third-order valence-corrected chi connectivity index (χ3v) is 3.67. The van der Waals surface area contributed by atoms with Crippen molar-refractivity contribution in [2.45, 2.75) is 20.4 Å². The fraction of sp³-hybridized carbons (Fsp3) is 0.267. The number of aliphatic hydroxyl groups excluding tert-OH is 1. The lowest BCUT2D eigenvalue weighted by Gasteiger charge is -2.07. The van der Waals surface area contributed by atoms with Crippen LogP contribution in [0.5, 0.6) is 0 Å². The molecule has 6 heteroatoms. The Morgan fingerprint density at radius 3 is 2.67 bits per heavy atom.